The van der Waals surface area contributed by atoms with Crippen molar-refractivity contribution < 1.29 is 0 Å². The van der Waals surface area contributed by atoms with Gasteiger partial charge in [0.15, 0.2) is 0 Å². The number of rotatable bonds is 1. The van der Waals surface area contributed by atoms with Gasteiger partial charge in [0.05, 0.1) is 5.69 Å². The smallest absolute Gasteiger partial charge is 0.266 e. The van der Waals surface area contributed by atoms with Crippen LogP contribution in [0.3, 0.4) is 0 Å². The Kier molecular flexibility index (Phi) is 2.08. The van der Waals surface area contributed by atoms with E-state index in [-0.39, 0.29) is 5.56 Å². The van der Waals surface area contributed by atoms with Crippen molar-refractivity contribution in [2.24, 2.45) is 7.05 Å². The fourth-order valence-corrected chi connectivity index (χ4v) is 1.87. The van der Waals surface area contributed by atoms with Gasteiger partial charge >= 0.3 is 0 Å². The average Bonchev–Trinajstić information content (AvgIpc) is 2.79. The van der Waals surface area contributed by atoms with Gasteiger partial charge in [0.1, 0.15) is 0 Å². The molecule has 0 radical (unpaired) electrons. The fraction of sp³-hybridized carbons (Fsp3) is 0.0769. The molecule has 0 saturated heterocycles. The molecule has 0 atom stereocenters. The molecule has 3 rings (SSSR count). The van der Waals surface area contributed by atoms with E-state index in [2.05, 4.69) is 16.1 Å². The Morgan fingerprint density at radius 1 is 1.18 bits per heavy atom. The van der Waals surface area contributed by atoms with Gasteiger partial charge in [-0.25, -0.2) is 4.68 Å². The van der Waals surface area contributed by atoms with E-state index < -0.39 is 0 Å². The fourth-order valence-electron chi connectivity index (χ4n) is 1.87. The van der Waals surface area contributed by atoms with E-state index in [0.717, 1.165) is 22.2 Å². The van der Waals surface area contributed by atoms with E-state index in [4.69, 9.17) is 0 Å². The van der Waals surface area contributed by atoms with Gasteiger partial charge < -0.3 is 4.98 Å². The van der Waals surface area contributed by atoms with Gasteiger partial charge in [-0.1, -0.05) is 6.07 Å². The number of hydrogen-bond acceptors (Lipinski definition) is 2. The Bertz CT molecular complexity index is 740. The average molecular weight is 225 g/mol. The Balaban J connectivity index is 2.19. The molecule has 2 aromatic heterocycles. The molecule has 4 heteroatoms. The molecule has 0 fully saturated rings. The van der Waals surface area contributed by atoms with E-state index in [1.54, 1.807) is 13.1 Å². The summed E-state index contributed by atoms with van der Waals surface area (Å²) >= 11 is 0. The first-order valence-corrected chi connectivity index (χ1v) is 5.36. The van der Waals surface area contributed by atoms with Crippen LogP contribution in [0.15, 0.2) is 47.4 Å². The summed E-state index contributed by atoms with van der Waals surface area (Å²) in [5.74, 6) is 0. The summed E-state index contributed by atoms with van der Waals surface area (Å²) in [6.07, 6.45) is 1.91. The minimum atomic E-state index is -0.100. The van der Waals surface area contributed by atoms with Gasteiger partial charge in [0.25, 0.3) is 5.56 Å². The number of aromatic nitrogens is 3. The Morgan fingerprint density at radius 3 is 2.88 bits per heavy atom. The minimum Gasteiger partial charge on any atom is -0.361 e. The summed E-state index contributed by atoms with van der Waals surface area (Å²) in [7, 11) is 1.65. The quantitative estimate of drug-likeness (QED) is 0.688. The molecule has 17 heavy (non-hydrogen) atoms. The maximum Gasteiger partial charge on any atom is 0.266 e. The van der Waals surface area contributed by atoms with E-state index >= 15 is 0 Å². The highest BCUT2D eigenvalue weighted by Gasteiger charge is 2.02. The van der Waals surface area contributed by atoms with Crippen LogP contribution in [-0.4, -0.2) is 14.8 Å². The molecule has 0 bridgehead atoms. The first kappa shape index (κ1) is 9.84. The van der Waals surface area contributed by atoms with E-state index in [0.29, 0.717) is 0 Å². The van der Waals surface area contributed by atoms with Crippen LogP contribution < -0.4 is 5.56 Å². The van der Waals surface area contributed by atoms with Gasteiger partial charge in [0.2, 0.25) is 0 Å². The standard InChI is InChI=1S/C13H11N3O/c1-16-13(17)5-4-12(15-16)9-2-3-11-10(8-9)6-7-14-11/h2-8,14H,1H3. The van der Waals surface area contributed by atoms with E-state index in [1.807, 2.05) is 24.4 Å². The first-order valence-electron chi connectivity index (χ1n) is 5.36. The summed E-state index contributed by atoms with van der Waals surface area (Å²) in [6, 6.07) is 11.3. The van der Waals surface area contributed by atoms with E-state index in [9.17, 15) is 4.79 Å². The largest absolute Gasteiger partial charge is 0.361 e. The number of aromatic amines is 1. The molecular formula is C13H11N3O. The van der Waals surface area contributed by atoms with Crippen molar-refractivity contribution in [3.8, 4) is 11.3 Å². The lowest BCUT2D eigenvalue weighted by atomic mass is 10.1. The third-order valence-electron chi connectivity index (χ3n) is 2.81. The van der Waals surface area contributed by atoms with Gasteiger partial charge in [0, 0.05) is 35.8 Å². The maximum absolute atomic E-state index is 11.3. The molecule has 1 aromatic carbocycles. The molecule has 3 aromatic rings. The zero-order chi connectivity index (χ0) is 11.8. The Morgan fingerprint density at radius 2 is 2.06 bits per heavy atom. The van der Waals surface area contributed by atoms with Crippen LogP contribution in [0.4, 0.5) is 0 Å². The number of hydrogen-bond donors (Lipinski definition) is 1. The predicted octanol–water partition coefficient (Wildman–Crippen LogP) is 1.93. The number of H-pyrrole nitrogens is 1. The second kappa shape index (κ2) is 3.59. The van der Waals surface area contributed by atoms with Gasteiger partial charge in [-0.15, -0.1) is 0 Å². The highest BCUT2D eigenvalue weighted by atomic mass is 16.1. The van der Waals surface area contributed by atoms with Gasteiger partial charge in [-0.3, -0.25) is 4.79 Å². The number of fused-ring (bicyclic) bond motifs is 1. The molecule has 1 N–H and O–H groups in total. The molecule has 0 spiro atoms. The van der Waals surface area contributed by atoms with Crippen molar-refractivity contribution in [1.82, 2.24) is 14.8 Å². The van der Waals surface area contributed by atoms with Crippen LogP contribution in [0.1, 0.15) is 0 Å². The van der Waals surface area contributed by atoms with Crippen LogP contribution in [0.25, 0.3) is 22.2 Å². The van der Waals surface area contributed by atoms with Crippen molar-refractivity contribution in [2.75, 3.05) is 0 Å². The Labute approximate surface area is 97.5 Å². The maximum atomic E-state index is 11.3. The van der Waals surface area contributed by atoms with Crippen molar-refractivity contribution in [2.45, 2.75) is 0 Å². The van der Waals surface area contributed by atoms with Crippen molar-refractivity contribution in [3.05, 3.63) is 52.9 Å². The summed E-state index contributed by atoms with van der Waals surface area (Å²) < 4.78 is 1.34. The zero-order valence-electron chi connectivity index (χ0n) is 9.34. The normalized spacial score (nSPS) is 10.9. The molecule has 0 unspecified atom stereocenters. The second-order valence-electron chi connectivity index (χ2n) is 3.96. The third-order valence-corrected chi connectivity index (χ3v) is 2.81. The van der Waals surface area contributed by atoms with Gasteiger partial charge in [-0.2, -0.15) is 5.10 Å². The van der Waals surface area contributed by atoms with Crippen LogP contribution in [0.5, 0.6) is 0 Å². The van der Waals surface area contributed by atoms with Gasteiger partial charge in [-0.05, 0) is 24.3 Å². The summed E-state index contributed by atoms with van der Waals surface area (Å²) in [6.45, 7) is 0. The lowest BCUT2D eigenvalue weighted by molar-refractivity contribution is 0.712. The van der Waals surface area contributed by atoms with Crippen LogP contribution in [0.2, 0.25) is 0 Å². The summed E-state index contributed by atoms with van der Waals surface area (Å²) in [5, 5.41) is 5.37. The number of benzene rings is 1. The highest BCUT2D eigenvalue weighted by molar-refractivity contribution is 5.84. The lowest BCUT2D eigenvalue weighted by Gasteiger charge is -2.02. The molecule has 0 aliphatic rings. The van der Waals surface area contributed by atoms with E-state index in [1.165, 1.54) is 10.7 Å². The van der Waals surface area contributed by atoms with Crippen LogP contribution in [0, 0.1) is 0 Å². The molecular weight excluding hydrogens is 214 g/mol. The SMILES string of the molecule is Cn1nc(-c2ccc3[nH]ccc3c2)ccc1=O. The first-order chi connectivity index (χ1) is 8.24. The van der Waals surface area contributed by atoms with Crippen molar-refractivity contribution >= 4 is 10.9 Å². The molecule has 84 valence electrons. The van der Waals surface area contributed by atoms with Crippen LogP contribution >= 0.6 is 0 Å². The van der Waals surface area contributed by atoms with Crippen LogP contribution in [-0.2, 0) is 7.05 Å². The summed E-state index contributed by atoms with van der Waals surface area (Å²) in [4.78, 5) is 14.4. The highest BCUT2D eigenvalue weighted by Crippen LogP contribution is 2.21. The number of nitrogens with one attached hydrogen (secondary N) is 1. The third kappa shape index (κ3) is 1.63. The zero-order valence-corrected chi connectivity index (χ0v) is 9.34. The lowest BCUT2D eigenvalue weighted by Crippen LogP contribution is -2.18. The molecule has 0 amide bonds. The van der Waals surface area contributed by atoms with Crippen molar-refractivity contribution in [3.63, 3.8) is 0 Å². The second-order valence-corrected chi connectivity index (χ2v) is 3.96. The molecule has 4 nitrogen and oxygen atoms in total. The number of nitrogens with zero attached hydrogens (tertiary/aromatic N) is 2. The monoisotopic (exact) mass is 225 g/mol. The summed E-state index contributed by atoms with van der Waals surface area (Å²) in [5.41, 5.74) is 2.80. The molecule has 2 heterocycles. The predicted molar refractivity (Wildman–Crippen MR) is 66.8 cm³/mol. The molecule has 0 saturated carbocycles. The number of aryl methyl sites for hydroxylation is 1. The molecule has 0 aliphatic heterocycles. The topological polar surface area (TPSA) is 50.7 Å². The molecule has 0 aliphatic carbocycles. The van der Waals surface area contributed by atoms with Crippen molar-refractivity contribution in [1.29, 1.82) is 0 Å². The minimum absolute atomic E-state index is 0.100. The Hall–Kier alpha value is -2.36.